The lowest BCUT2D eigenvalue weighted by Crippen LogP contribution is -1.99. The van der Waals surface area contributed by atoms with E-state index in [0.717, 1.165) is 0 Å². The van der Waals surface area contributed by atoms with Crippen molar-refractivity contribution in [1.82, 2.24) is 0 Å². The van der Waals surface area contributed by atoms with Crippen molar-refractivity contribution >= 4 is 67.9 Å². The highest BCUT2D eigenvalue weighted by molar-refractivity contribution is 9.10. The smallest absolute Gasteiger partial charge is 0.204 e. The Morgan fingerprint density at radius 2 is 1.88 bits per heavy atom. The monoisotopic (exact) mass is 368 g/mol. The van der Waals surface area contributed by atoms with Gasteiger partial charge in [0.1, 0.15) is 4.34 Å². The number of rotatable bonds is 2. The van der Waals surface area contributed by atoms with E-state index in [2.05, 4.69) is 15.9 Å². The van der Waals surface area contributed by atoms with Crippen LogP contribution in [0.4, 0.5) is 0 Å². The largest absolute Gasteiger partial charge is 0.288 e. The van der Waals surface area contributed by atoms with Gasteiger partial charge >= 0.3 is 0 Å². The molecule has 1 heterocycles. The Morgan fingerprint density at radius 3 is 2.47 bits per heavy atom. The fourth-order valence-electron chi connectivity index (χ4n) is 1.26. The third kappa shape index (κ3) is 2.85. The summed E-state index contributed by atoms with van der Waals surface area (Å²) in [5.41, 5.74) is 0.379. The maximum atomic E-state index is 12.2. The van der Waals surface area contributed by atoms with Gasteiger partial charge in [-0.3, -0.25) is 4.79 Å². The summed E-state index contributed by atoms with van der Waals surface area (Å²) in [5.74, 6) is -0.185. The van der Waals surface area contributed by atoms with Crippen LogP contribution in [-0.4, -0.2) is 5.78 Å². The summed E-state index contributed by atoms with van der Waals surface area (Å²) in [7, 11) is 0. The third-order valence-corrected chi connectivity index (χ3v) is 5.08. The summed E-state index contributed by atoms with van der Waals surface area (Å²) in [6.45, 7) is 0. The summed E-state index contributed by atoms with van der Waals surface area (Å²) in [5, 5.41) is 0.847. The van der Waals surface area contributed by atoms with Gasteiger partial charge < -0.3 is 0 Å². The van der Waals surface area contributed by atoms with Gasteiger partial charge in [-0.05, 0) is 40.2 Å². The highest BCUT2D eigenvalue weighted by atomic mass is 79.9. The zero-order chi connectivity index (χ0) is 12.6. The van der Waals surface area contributed by atoms with Gasteiger partial charge in [0.05, 0.1) is 9.90 Å². The van der Waals surface area contributed by atoms with Crippen LogP contribution in [0, 0.1) is 0 Å². The third-order valence-electron chi connectivity index (χ3n) is 2.04. The molecule has 0 radical (unpaired) electrons. The number of hydrogen-bond donors (Lipinski definition) is 0. The van der Waals surface area contributed by atoms with Gasteiger partial charge in [-0.25, -0.2) is 0 Å². The number of carbonyl (C=O) groups excluding carboxylic acids is 1. The predicted octanol–water partition coefficient (Wildman–Crippen LogP) is 5.70. The zero-order valence-corrected chi connectivity index (χ0v) is 12.8. The van der Waals surface area contributed by atoms with Gasteiger partial charge in [-0.1, -0.05) is 34.8 Å². The quantitative estimate of drug-likeness (QED) is 0.620. The molecule has 0 unspecified atom stereocenters. The number of thiophene rings is 1. The molecule has 0 amide bonds. The molecule has 0 saturated carbocycles. The van der Waals surface area contributed by atoms with Gasteiger partial charge in [0.25, 0.3) is 0 Å². The fourth-order valence-corrected chi connectivity index (χ4v) is 3.29. The minimum Gasteiger partial charge on any atom is -0.288 e. The molecule has 0 atom stereocenters. The molecule has 0 aliphatic rings. The van der Waals surface area contributed by atoms with Crippen molar-refractivity contribution in [3.05, 3.63) is 53.6 Å². The van der Waals surface area contributed by atoms with Gasteiger partial charge in [-0.15, -0.1) is 11.3 Å². The van der Waals surface area contributed by atoms with Crippen LogP contribution in [0.15, 0.2) is 28.7 Å². The number of carbonyl (C=O) groups is 1. The molecule has 1 aromatic carbocycles. The molecule has 0 spiro atoms. The van der Waals surface area contributed by atoms with E-state index < -0.39 is 0 Å². The molecular formula is C11H4BrCl3OS. The predicted molar refractivity (Wildman–Crippen MR) is 76.9 cm³/mol. The second kappa shape index (κ2) is 5.29. The topological polar surface area (TPSA) is 17.1 Å². The van der Waals surface area contributed by atoms with Crippen molar-refractivity contribution in [1.29, 1.82) is 0 Å². The van der Waals surface area contributed by atoms with Crippen LogP contribution in [-0.2, 0) is 0 Å². The molecule has 6 heteroatoms. The molecule has 0 fully saturated rings. The van der Waals surface area contributed by atoms with Crippen LogP contribution in [0.5, 0.6) is 0 Å². The SMILES string of the molecule is O=C(c1cc(Br)c(Cl)s1)c1cc(Cl)ccc1Cl. The standard InChI is InChI=1S/C11H4BrCl3OS/c12-7-4-9(17-11(7)15)10(16)6-3-5(13)1-2-8(6)14/h1-4H. The van der Waals surface area contributed by atoms with Crippen molar-refractivity contribution in [3.8, 4) is 0 Å². The van der Waals surface area contributed by atoms with E-state index in [9.17, 15) is 4.79 Å². The Morgan fingerprint density at radius 1 is 1.18 bits per heavy atom. The van der Waals surface area contributed by atoms with Gasteiger partial charge in [-0.2, -0.15) is 0 Å². The first kappa shape index (κ1) is 13.4. The number of halogens is 4. The first-order chi connectivity index (χ1) is 7.99. The molecule has 0 aliphatic heterocycles. The number of hydrogen-bond acceptors (Lipinski definition) is 2. The number of benzene rings is 1. The Kier molecular flexibility index (Phi) is 4.16. The maximum Gasteiger partial charge on any atom is 0.204 e. The maximum absolute atomic E-state index is 12.2. The van der Waals surface area contributed by atoms with Crippen LogP contribution in [0.25, 0.3) is 0 Å². The fraction of sp³-hybridized carbons (Fsp3) is 0. The molecule has 88 valence electrons. The first-order valence-corrected chi connectivity index (χ1v) is 7.18. The average Bonchev–Trinajstić information content (AvgIpc) is 2.62. The van der Waals surface area contributed by atoms with Crippen molar-refractivity contribution in [2.24, 2.45) is 0 Å². The average molecular weight is 370 g/mol. The molecule has 0 aliphatic carbocycles. The molecule has 2 aromatic rings. The van der Waals surface area contributed by atoms with Crippen molar-refractivity contribution in [2.45, 2.75) is 0 Å². The van der Waals surface area contributed by atoms with Gasteiger partial charge in [0.2, 0.25) is 5.78 Å². The minimum absolute atomic E-state index is 0.185. The summed E-state index contributed by atoms with van der Waals surface area (Å²) < 4.78 is 1.23. The minimum atomic E-state index is -0.185. The van der Waals surface area contributed by atoms with Crippen LogP contribution < -0.4 is 0 Å². The van der Waals surface area contributed by atoms with E-state index in [1.165, 1.54) is 11.3 Å². The van der Waals surface area contributed by atoms with Crippen molar-refractivity contribution in [3.63, 3.8) is 0 Å². The summed E-state index contributed by atoms with van der Waals surface area (Å²) in [6, 6.07) is 6.46. The Balaban J connectivity index is 2.47. The van der Waals surface area contributed by atoms with E-state index in [4.69, 9.17) is 34.8 Å². The molecule has 1 nitrogen and oxygen atoms in total. The summed E-state index contributed by atoms with van der Waals surface area (Å²) in [4.78, 5) is 12.7. The van der Waals surface area contributed by atoms with Crippen molar-refractivity contribution < 1.29 is 4.79 Å². The zero-order valence-electron chi connectivity index (χ0n) is 8.14. The van der Waals surface area contributed by atoms with Crippen LogP contribution >= 0.6 is 62.1 Å². The molecular weight excluding hydrogens is 366 g/mol. The first-order valence-electron chi connectivity index (χ1n) is 4.43. The molecule has 1 aromatic heterocycles. The molecule has 0 saturated heterocycles. The number of ketones is 1. The lowest BCUT2D eigenvalue weighted by molar-refractivity contribution is 0.104. The highest BCUT2D eigenvalue weighted by Crippen LogP contribution is 2.34. The van der Waals surface area contributed by atoms with Crippen LogP contribution in [0.1, 0.15) is 15.2 Å². The molecule has 2 rings (SSSR count). The van der Waals surface area contributed by atoms with Crippen molar-refractivity contribution in [2.75, 3.05) is 0 Å². The van der Waals surface area contributed by atoms with Gasteiger partial charge in [0, 0.05) is 15.1 Å². The van der Waals surface area contributed by atoms with E-state index in [1.807, 2.05) is 0 Å². The van der Waals surface area contributed by atoms with E-state index >= 15 is 0 Å². The molecule has 0 N–H and O–H groups in total. The molecule has 17 heavy (non-hydrogen) atoms. The Hall–Kier alpha value is -0.0600. The second-order valence-electron chi connectivity index (χ2n) is 3.19. The Bertz CT molecular complexity index is 575. The lowest BCUT2D eigenvalue weighted by atomic mass is 10.1. The Labute approximate surface area is 125 Å². The van der Waals surface area contributed by atoms with Gasteiger partial charge in [0.15, 0.2) is 0 Å². The van der Waals surface area contributed by atoms with Crippen LogP contribution in [0.3, 0.4) is 0 Å². The molecule has 0 bridgehead atoms. The van der Waals surface area contributed by atoms with E-state index in [0.29, 0.717) is 29.3 Å². The van der Waals surface area contributed by atoms with Crippen LogP contribution in [0.2, 0.25) is 14.4 Å². The highest BCUT2D eigenvalue weighted by Gasteiger charge is 2.17. The summed E-state index contributed by atoms with van der Waals surface area (Å²) >= 11 is 22.2. The van der Waals surface area contributed by atoms with E-state index in [1.54, 1.807) is 24.3 Å². The normalized spacial score (nSPS) is 10.6. The second-order valence-corrected chi connectivity index (χ2v) is 6.54. The summed E-state index contributed by atoms with van der Waals surface area (Å²) in [6.07, 6.45) is 0. The lowest BCUT2D eigenvalue weighted by Gasteiger charge is -2.01. The van der Waals surface area contributed by atoms with E-state index in [-0.39, 0.29) is 5.78 Å².